The summed E-state index contributed by atoms with van der Waals surface area (Å²) in [5, 5.41) is 19.1. The van der Waals surface area contributed by atoms with Gasteiger partial charge < -0.3 is 9.84 Å². The summed E-state index contributed by atoms with van der Waals surface area (Å²) in [6, 6.07) is 3.12. The van der Waals surface area contributed by atoms with Crippen molar-refractivity contribution in [1.29, 1.82) is 5.26 Å². The van der Waals surface area contributed by atoms with Crippen molar-refractivity contribution in [3.8, 4) is 11.8 Å². The predicted molar refractivity (Wildman–Crippen MR) is 93.1 cm³/mol. The van der Waals surface area contributed by atoms with E-state index in [9.17, 15) is 15.2 Å². The molecule has 1 atom stereocenters. The van der Waals surface area contributed by atoms with Crippen molar-refractivity contribution in [3.05, 3.63) is 26.7 Å². The molecule has 126 valence electrons. The van der Waals surface area contributed by atoms with Crippen LogP contribution in [0.5, 0.6) is 5.75 Å². The molecule has 5 nitrogen and oxygen atoms in total. The molecule has 0 heterocycles. The van der Waals surface area contributed by atoms with Crippen LogP contribution in [0.15, 0.2) is 10.5 Å². The van der Waals surface area contributed by atoms with E-state index < -0.39 is 17.7 Å². The Kier molecular flexibility index (Phi) is 6.32. The standard InChI is InChI=1S/C16H20BrClN2O3/c1-6-23-14-10(7-12(18)11(8-19)13(14)17)9(2)20(15(21)22)16(3,4)5/h7,9H,6H2,1-5H3,(H,21,22). The second kappa shape index (κ2) is 7.41. The first-order valence-electron chi connectivity index (χ1n) is 7.13. The summed E-state index contributed by atoms with van der Waals surface area (Å²) in [6.07, 6.45) is -1.04. The summed E-state index contributed by atoms with van der Waals surface area (Å²) in [5.41, 5.74) is 0.269. The van der Waals surface area contributed by atoms with Gasteiger partial charge in [0.05, 0.1) is 27.7 Å². The fraction of sp³-hybridized carbons (Fsp3) is 0.500. The fourth-order valence-corrected chi connectivity index (χ4v) is 3.51. The van der Waals surface area contributed by atoms with Gasteiger partial charge in [-0.3, -0.25) is 4.90 Å². The van der Waals surface area contributed by atoms with Crippen molar-refractivity contribution < 1.29 is 14.6 Å². The van der Waals surface area contributed by atoms with Gasteiger partial charge in [-0.25, -0.2) is 4.79 Å². The van der Waals surface area contributed by atoms with Crippen LogP contribution in [-0.4, -0.2) is 28.2 Å². The summed E-state index contributed by atoms with van der Waals surface area (Å²) in [7, 11) is 0. The largest absolute Gasteiger partial charge is 0.492 e. The van der Waals surface area contributed by atoms with Gasteiger partial charge in [0.15, 0.2) is 0 Å². The summed E-state index contributed by atoms with van der Waals surface area (Å²) < 4.78 is 6.09. The third kappa shape index (κ3) is 4.10. The second-order valence-electron chi connectivity index (χ2n) is 6.01. The predicted octanol–water partition coefficient (Wildman–Crippen LogP) is 5.21. The molecule has 0 aliphatic heterocycles. The van der Waals surface area contributed by atoms with Crippen molar-refractivity contribution in [2.75, 3.05) is 6.61 Å². The molecule has 0 saturated carbocycles. The van der Waals surface area contributed by atoms with Crippen LogP contribution in [-0.2, 0) is 0 Å². The molecule has 1 rings (SSSR count). The Morgan fingerprint density at radius 3 is 2.52 bits per heavy atom. The molecule has 7 heteroatoms. The zero-order valence-electron chi connectivity index (χ0n) is 13.8. The van der Waals surface area contributed by atoms with Crippen LogP contribution in [0.25, 0.3) is 0 Å². The minimum Gasteiger partial charge on any atom is -0.492 e. The first kappa shape index (κ1) is 19.6. The van der Waals surface area contributed by atoms with Gasteiger partial charge >= 0.3 is 6.09 Å². The number of nitrogens with zero attached hydrogens (tertiary/aromatic N) is 2. The van der Waals surface area contributed by atoms with Gasteiger partial charge in [-0.1, -0.05) is 11.6 Å². The molecule has 1 aromatic carbocycles. The van der Waals surface area contributed by atoms with Gasteiger partial charge in [0, 0.05) is 11.1 Å². The Labute approximate surface area is 149 Å². The average molecular weight is 404 g/mol. The van der Waals surface area contributed by atoms with Gasteiger partial charge in [0.2, 0.25) is 0 Å². The number of hydrogen-bond donors (Lipinski definition) is 1. The van der Waals surface area contributed by atoms with Crippen LogP contribution < -0.4 is 4.74 Å². The Bertz CT molecular complexity index is 650. The van der Waals surface area contributed by atoms with E-state index in [1.807, 2.05) is 33.8 Å². The zero-order valence-corrected chi connectivity index (χ0v) is 16.1. The first-order chi connectivity index (χ1) is 10.6. The average Bonchev–Trinajstić information content (AvgIpc) is 2.40. The summed E-state index contributed by atoms with van der Waals surface area (Å²) in [4.78, 5) is 13.0. The minimum absolute atomic E-state index is 0.254. The molecule has 0 bridgehead atoms. The zero-order chi connectivity index (χ0) is 17.9. The number of hydrogen-bond acceptors (Lipinski definition) is 3. The molecule has 0 aromatic heterocycles. The third-order valence-electron chi connectivity index (χ3n) is 3.37. The highest BCUT2D eigenvalue weighted by Crippen LogP contribution is 2.42. The number of amides is 1. The topological polar surface area (TPSA) is 73.6 Å². The van der Waals surface area contributed by atoms with Crippen LogP contribution in [0.3, 0.4) is 0 Å². The Hall–Kier alpha value is -1.45. The third-order valence-corrected chi connectivity index (χ3v) is 4.42. The van der Waals surface area contributed by atoms with E-state index in [1.165, 1.54) is 4.90 Å². The van der Waals surface area contributed by atoms with Gasteiger partial charge in [-0.2, -0.15) is 5.26 Å². The highest BCUT2D eigenvalue weighted by Gasteiger charge is 2.34. The summed E-state index contributed by atoms with van der Waals surface area (Å²) in [5.74, 6) is 0.441. The van der Waals surface area contributed by atoms with E-state index in [1.54, 1.807) is 13.0 Å². The van der Waals surface area contributed by atoms with Gasteiger partial charge in [-0.05, 0) is 56.6 Å². The lowest BCUT2D eigenvalue weighted by atomic mass is 9.98. The highest BCUT2D eigenvalue weighted by atomic mass is 79.9. The molecular weight excluding hydrogens is 384 g/mol. The number of carboxylic acid groups (broad SMARTS) is 1. The van der Waals surface area contributed by atoms with Crippen molar-refractivity contribution in [3.63, 3.8) is 0 Å². The molecule has 1 amide bonds. The quantitative estimate of drug-likeness (QED) is 0.748. The van der Waals surface area contributed by atoms with E-state index >= 15 is 0 Å². The SMILES string of the molecule is CCOc1c(C(C)N(C(=O)O)C(C)(C)C)cc(Cl)c(C#N)c1Br. The molecule has 1 aromatic rings. The van der Waals surface area contributed by atoms with E-state index in [0.717, 1.165) is 0 Å². The maximum absolute atomic E-state index is 11.7. The second-order valence-corrected chi connectivity index (χ2v) is 7.21. The summed E-state index contributed by atoms with van der Waals surface area (Å²) in [6.45, 7) is 9.43. The number of rotatable bonds is 4. The molecule has 0 saturated heterocycles. The number of ether oxygens (including phenoxy) is 1. The summed E-state index contributed by atoms with van der Waals surface area (Å²) >= 11 is 9.53. The van der Waals surface area contributed by atoms with Gasteiger partial charge in [0.25, 0.3) is 0 Å². The maximum atomic E-state index is 11.7. The van der Waals surface area contributed by atoms with E-state index in [2.05, 4.69) is 15.9 Å². The Balaban J connectivity index is 3.58. The van der Waals surface area contributed by atoms with Crippen LogP contribution in [0.2, 0.25) is 5.02 Å². The van der Waals surface area contributed by atoms with Crippen molar-refractivity contribution in [2.24, 2.45) is 0 Å². The Morgan fingerprint density at radius 2 is 2.13 bits per heavy atom. The maximum Gasteiger partial charge on any atom is 0.408 e. The van der Waals surface area contributed by atoms with E-state index in [0.29, 0.717) is 22.4 Å². The molecule has 1 N–H and O–H groups in total. The van der Waals surface area contributed by atoms with Crippen LogP contribution >= 0.6 is 27.5 Å². The number of benzene rings is 1. The normalized spacial score (nSPS) is 12.4. The lowest BCUT2D eigenvalue weighted by Gasteiger charge is -2.38. The number of halogens is 2. The molecule has 0 spiro atoms. The molecule has 0 aliphatic rings. The lowest BCUT2D eigenvalue weighted by molar-refractivity contribution is 0.0743. The monoisotopic (exact) mass is 402 g/mol. The molecular formula is C16H20BrClN2O3. The van der Waals surface area contributed by atoms with Crippen LogP contribution in [0, 0.1) is 11.3 Å². The molecule has 0 radical (unpaired) electrons. The number of carbonyl (C=O) groups is 1. The molecule has 0 fully saturated rings. The lowest BCUT2D eigenvalue weighted by Crippen LogP contribution is -2.46. The smallest absolute Gasteiger partial charge is 0.408 e. The minimum atomic E-state index is -1.04. The Morgan fingerprint density at radius 1 is 1.57 bits per heavy atom. The fourth-order valence-electron chi connectivity index (χ4n) is 2.50. The van der Waals surface area contributed by atoms with Crippen molar-refractivity contribution in [1.82, 2.24) is 4.90 Å². The molecule has 0 aliphatic carbocycles. The van der Waals surface area contributed by atoms with Crippen LogP contribution in [0.1, 0.15) is 51.8 Å². The van der Waals surface area contributed by atoms with E-state index in [-0.39, 0.29) is 10.6 Å². The van der Waals surface area contributed by atoms with Crippen molar-refractivity contribution in [2.45, 2.75) is 46.2 Å². The van der Waals surface area contributed by atoms with Crippen LogP contribution in [0.4, 0.5) is 4.79 Å². The van der Waals surface area contributed by atoms with Gasteiger partial charge in [-0.15, -0.1) is 0 Å². The van der Waals surface area contributed by atoms with Gasteiger partial charge in [0.1, 0.15) is 11.8 Å². The number of nitriles is 1. The van der Waals surface area contributed by atoms with Crippen molar-refractivity contribution >= 4 is 33.6 Å². The molecule has 23 heavy (non-hydrogen) atoms. The first-order valence-corrected chi connectivity index (χ1v) is 8.30. The molecule has 1 unspecified atom stereocenters. The van der Waals surface area contributed by atoms with E-state index in [4.69, 9.17) is 16.3 Å². The highest BCUT2D eigenvalue weighted by molar-refractivity contribution is 9.10.